The highest BCUT2D eigenvalue weighted by Crippen LogP contribution is 2.10. The van der Waals surface area contributed by atoms with E-state index < -0.39 is 0 Å². The molecule has 0 spiro atoms. The van der Waals surface area contributed by atoms with E-state index in [4.69, 9.17) is 5.73 Å². The molecule has 0 aliphatic carbocycles. The molecule has 3 heterocycles. The van der Waals surface area contributed by atoms with Gasteiger partial charge in [-0.1, -0.05) is 11.6 Å². The number of aromatic amines is 2. The average Bonchev–Trinajstić information content (AvgIpc) is 3.37. The molecule has 3 aromatic heterocycles. The van der Waals surface area contributed by atoms with Gasteiger partial charge in [0.25, 0.3) is 5.91 Å². The number of nitrogen functional groups attached to an aromatic ring is 1. The summed E-state index contributed by atoms with van der Waals surface area (Å²) >= 11 is 3.31. The summed E-state index contributed by atoms with van der Waals surface area (Å²) in [4.78, 5) is 21.9. The standard InChI is InChI=1S/C17H23BrN8O.ClH/c18-12-8-15(21-9-12)16(27)20-6-7-26-11-14(24-25-26)5-3-1-2-4-13-10-22-17(19)23-13;/h8-11,21H,1-7H2,(H,20,27)(H3,19,22,23);1H. The first-order valence-corrected chi connectivity index (χ1v) is 9.70. The Morgan fingerprint density at radius 2 is 2.11 bits per heavy atom. The monoisotopic (exact) mass is 470 g/mol. The normalized spacial score (nSPS) is 10.6. The fourth-order valence-corrected chi connectivity index (χ4v) is 3.09. The topological polar surface area (TPSA) is 130 Å². The smallest absolute Gasteiger partial charge is 0.267 e. The number of hydrogen-bond donors (Lipinski definition) is 4. The second kappa shape index (κ2) is 10.9. The van der Waals surface area contributed by atoms with E-state index in [9.17, 15) is 4.79 Å². The van der Waals surface area contributed by atoms with Crippen LogP contribution in [0.25, 0.3) is 0 Å². The molecule has 9 nitrogen and oxygen atoms in total. The minimum Gasteiger partial charge on any atom is -0.369 e. The molecule has 3 rings (SSSR count). The predicted molar refractivity (Wildman–Crippen MR) is 112 cm³/mol. The van der Waals surface area contributed by atoms with E-state index in [1.165, 1.54) is 0 Å². The van der Waals surface area contributed by atoms with E-state index >= 15 is 0 Å². The highest BCUT2D eigenvalue weighted by atomic mass is 79.9. The molecule has 0 unspecified atom stereocenters. The zero-order chi connectivity index (χ0) is 19.1. The van der Waals surface area contributed by atoms with E-state index in [-0.39, 0.29) is 18.3 Å². The summed E-state index contributed by atoms with van der Waals surface area (Å²) in [6, 6.07) is 1.74. The number of nitrogens with two attached hydrogens (primary N) is 1. The van der Waals surface area contributed by atoms with Gasteiger partial charge < -0.3 is 21.0 Å². The molecular weight excluding hydrogens is 448 g/mol. The number of rotatable bonds is 10. The molecule has 0 saturated heterocycles. The van der Waals surface area contributed by atoms with Crippen LogP contribution in [-0.4, -0.2) is 42.4 Å². The van der Waals surface area contributed by atoms with Crippen LogP contribution in [0.3, 0.4) is 0 Å². The third kappa shape index (κ3) is 6.68. The molecular formula is C17H24BrClN8O. The molecule has 3 aromatic rings. The molecule has 11 heteroatoms. The number of imidazole rings is 1. The first kappa shape index (κ1) is 22.0. The number of carbonyl (C=O) groups is 1. The Bertz CT molecular complexity index is 874. The van der Waals surface area contributed by atoms with Crippen molar-refractivity contribution in [1.82, 2.24) is 35.3 Å². The Hall–Kier alpha value is -2.33. The van der Waals surface area contributed by atoms with Crippen molar-refractivity contribution >= 4 is 40.2 Å². The van der Waals surface area contributed by atoms with Crippen molar-refractivity contribution in [3.63, 3.8) is 0 Å². The van der Waals surface area contributed by atoms with Crippen LogP contribution in [-0.2, 0) is 19.4 Å². The molecule has 0 aromatic carbocycles. The van der Waals surface area contributed by atoms with Crippen LogP contribution in [0.1, 0.15) is 41.1 Å². The Morgan fingerprint density at radius 1 is 1.29 bits per heavy atom. The number of nitrogens with one attached hydrogen (secondary N) is 3. The zero-order valence-corrected chi connectivity index (χ0v) is 17.7. The Kier molecular flexibility index (Phi) is 8.52. The zero-order valence-electron chi connectivity index (χ0n) is 15.3. The van der Waals surface area contributed by atoms with Crippen LogP contribution in [0.5, 0.6) is 0 Å². The van der Waals surface area contributed by atoms with E-state index in [0.717, 1.165) is 48.0 Å². The highest BCUT2D eigenvalue weighted by Gasteiger charge is 2.07. The van der Waals surface area contributed by atoms with E-state index in [1.807, 2.05) is 6.20 Å². The van der Waals surface area contributed by atoms with Gasteiger partial charge in [-0.2, -0.15) is 0 Å². The SMILES string of the molecule is Cl.Nc1ncc(CCCCCc2cn(CCNC(=O)c3cc(Br)c[nH]3)nn2)[nH]1. The van der Waals surface area contributed by atoms with Crippen molar-refractivity contribution in [1.29, 1.82) is 0 Å². The maximum Gasteiger partial charge on any atom is 0.267 e. The second-order valence-electron chi connectivity index (χ2n) is 6.31. The van der Waals surface area contributed by atoms with Crippen LogP contribution < -0.4 is 11.1 Å². The minimum atomic E-state index is -0.139. The van der Waals surface area contributed by atoms with Gasteiger partial charge in [0, 0.05) is 29.1 Å². The summed E-state index contributed by atoms with van der Waals surface area (Å²) in [5, 5.41) is 11.2. The molecule has 0 bridgehead atoms. The summed E-state index contributed by atoms with van der Waals surface area (Å²) in [5.41, 5.74) is 8.13. The van der Waals surface area contributed by atoms with Crippen molar-refractivity contribution in [2.75, 3.05) is 12.3 Å². The molecule has 0 fully saturated rings. The predicted octanol–water partition coefficient (Wildman–Crippen LogP) is 2.48. The third-order valence-electron chi connectivity index (χ3n) is 4.13. The minimum absolute atomic E-state index is 0. The quantitative estimate of drug-likeness (QED) is 0.337. The van der Waals surface area contributed by atoms with Crippen molar-refractivity contribution < 1.29 is 4.79 Å². The number of aryl methyl sites for hydroxylation is 2. The fraction of sp³-hybridized carbons (Fsp3) is 0.412. The Morgan fingerprint density at radius 3 is 2.82 bits per heavy atom. The Balaban J connectivity index is 0.00000280. The fourth-order valence-electron chi connectivity index (χ4n) is 2.74. The number of anilines is 1. The number of halogens is 2. The lowest BCUT2D eigenvalue weighted by Gasteiger charge is -2.03. The van der Waals surface area contributed by atoms with E-state index in [1.54, 1.807) is 23.1 Å². The number of unbranched alkanes of at least 4 members (excludes halogenated alkanes) is 2. The van der Waals surface area contributed by atoms with Crippen molar-refractivity contribution in [2.24, 2.45) is 0 Å². The molecule has 0 aliphatic rings. The molecule has 0 saturated carbocycles. The lowest BCUT2D eigenvalue weighted by Crippen LogP contribution is -2.27. The van der Waals surface area contributed by atoms with Gasteiger partial charge in [0.2, 0.25) is 0 Å². The molecule has 0 radical (unpaired) electrons. The van der Waals surface area contributed by atoms with Gasteiger partial charge in [-0.05, 0) is 47.7 Å². The van der Waals surface area contributed by atoms with Crippen LogP contribution in [0, 0.1) is 0 Å². The van der Waals surface area contributed by atoms with Gasteiger partial charge in [0.15, 0.2) is 5.95 Å². The molecule has 1 amide bonds. The Labute approximate surface area is 177 Å². The van der Waals surface area contributed by atoms with Crippen molar-refractivity contribution in [2.45, 2.75) is 38.6 Å². The summed E-state index contributed by atoms with van der Waals surface area (Å²) in [5.74, 6) is 0.332. The van der Waals surface area contributed by atoms with Gasteiger partial charge >= 0.3 is 0 Å². The number of nitrogens with zero attached hydrogens (tertiary/aromatic N) is 4. The van der Waals surface area contributed by atoms with Gasteiger partial charge in [0.1, 0.15) is 5.69 Å². The molecule has 0 atom stereocenters. The summed E-state index contributed by atoms with van der Waals surface area (Å²) < 4.78 is 2.61. The van der Waals surface area contributed by atoms with Gasteiger partial charge in [-0.15, -0.1) is 17.5 Å². The number of hydrogen-bond acceptors (Lipinski definition) is 5. The highest BCUT2D eigenvalue weighted by molar-refractivity contribution is 9.10. The van der Waals surface area contributed by atoms with Crippen LogP contribution in [0.4, 0.5) is 5.95 Å². The summed E-state index contributed by atoms with van der Waals surface area (Å²) in [6.45, 7) is 1.08. The summed E-state index contributed by atoms with van der Waals surface area (Å²) in [7, 11) is 0. The third-order valence-corrected chi connectivity index (χ3v) is 4.59. The number of carbonyl (C=O) groups excluding carboxylic acids is 1. The average molecular weight is 472 g/mol. The number of amides is 1. The van der Waals surface area contributed by atoms with E-state index in [0.29, 0.717) is 24.7 Å². The summed E-state index contributed by atoms with van der Waals surface area (Å²) in [6.07, 6.45) is 10.5. The van der Waals surface area contributed by atoms with Crippen molar-refractivity contribution in [3.05, 3.63) is 46.2 Å². The molecule has 5 N–H and O–H groups in total. The maximum absolute atomic E-state index is 11.9. The van der Waals surface area contributed by atoms with Gasteiger partial charge in [-0.25, -0.2) is 4.98 Å². The van der Waals surface area contributed by atoms with Crippen LogP contribution in [0.15, 0.2) is 29.1 Å². The van der Waals surface area contributed by atoms with Crippen molar-refractivity contribution in [3.8, 4) is 0 Å². The number of H-pyrrole nitrogens is 2. The molecule has 152 valence electrons. The largest absolute Gasteiger partial charge is 0.369 e. The van der Waals surface area contributed by atoms with Crippen LogP contribution in [0.2, 0.25) is 0 Å². The number of aromatic nitrogens is 6. The molecule has 28 heavy (non-hydrogen) atoms. The molecule has 0 aliphatic heterocycles. The van der Waals surface area contributed by atoms with Gasteiger partial charge in [0.05, 0.1) is 18.4 Å². The van der Waals surface area contributed by atoms with Crippen LogP contribution >= 0.6 is 28.3 Å². The maximum atomic E-state index is 11.9. The lowest BCUT2D eigenvalue weighted by molar-refractivity contribution is 0.0947. The first-order chi connectivity index (χ1) is 13.1. The van der Waals surface area contributed by atoms with Gasteiger partial charge in [-0.3, -0.25) is 9.48 Å². The second-order valence-corrected chi connectivity index (χ2v) is 7.23. The lowest BCUT2D eigenvalue weighted by atomic mass is 10.1. The first-order valence-electron chi connectivity index (χ1n) is 8.90. The van der Waals surface area contributed by atoms with E-state index in [2.05, 4.69) is 46.5 Å².